The second kappa shape index (κ2) is 7.08. The van der Waals surface area contributed by atoms with Gasteiger partial charge in [0.1, 0.15) is 24.2 Å². The molecule has 1 aliphatic heterocycles. The molecule has 0 amide bonds. The van der Waals surface area contributed by atoms with Crippen LogP contribution in [0.2, 0.25) is 0 Å². The Morgan fingerprint density at radius 3 is 2.67 bits per heavy atom. The molecule has 4 rings (SSSR count). The molecule has 0 radical (unpaired) electrons. The Bertz CT molecular complexity index is 1080. The van der Waals surface area contributed by atoms with Crippen LogP contribution in [-0.4, -0.2) is 32.0 Å². The molecule has 7 heteroatoms. The van der Waals surface area contributed by atoms with Crippen molar-refractivity contribution in [3.8, 4) is 5.75 Å². The number of ether oxygens (including phenoxy) is 2. The first-order valence-corrected chi connectivity index (χ1v) is 10.4. The maximum absolute atomic E-state index is 12.1. The number of sulfone groups is 1. The van der Waals surface area contributed by atoms with Gasteiger partial charge in [0.05, 0.1) is 11.5 Å². The number of hydrogen-bond acceptors (Lipinski definition) is 6. The van der Waals surface area contributed by atoms with Crippen molar-refractivity contribution in [2.45, 2.75) is 19.1 Å². The highest BCUT2D eigenvalue weighted by Gasteiger charge is 2.31. The summed E-state index contributed by atoms with van der Waals surface area (Å²) in [5.74, 6) is 0.482. The molecule has 1 aliphatic rings. The van der Waals surface area contributed by atoms with Gasteiger partial charge in [-0.1, -0.05) is 30.3 Å². The van der Waals surface area contributed by atoms with Crippen molar-refractivity contribution in [1.82, 2.24) is 0 Å². The van der Waals surface area contributed by atoms with Crippen molar-refractivity contribution in [3.05, 3.63) is 66.1 Å². The van der Waals surface area contributed by atoms with Crippen molar-refractivity contribution >= 4 is 26.6 Å². The summed E-state index contributed by atoms with van der Waals surface area (Å²) < 4.78 is 39.3. The molecular weight excluding hydrogens is 368 g/mol. The van der Waals surface area contributed by atoms with E-state index < -0.39 is 21.9 Å². The molecule has 1 atom stereocenters. The predicted octanol–water partition coefficient (Wildman–Crippen LogP) is 3.36. The van der Waals surface area contributed by atoms with Crippen molar-refractivity contribution in [1.29, 1.82) is 0 Å². The summed E-state index contributed by atoms with van der Waals surface area (Å²) in [5.41, 5.74) is 0. The number of rotatable bonds is 5. The third-order valence-corrected chi connectivity index (χ3v) is 6.17. The minimum Gasteiger partial charge on any atom is -0.486 e. The summed E-state index contributed by atoms with van der Waals surface area (Å²) in [6, 6.07) is 16.9. The van der Waals surface area contributed by atoms with Gasteiger partial charge < -0.3 is 13.9 Å². The molecule has 2 heterocycles. The quantitative estimate of drug-likeness (QED) is 0.626. The number of fused-ring (bicyclic) bond motifs is 1. The summed E-state index contributed by atoms with van der Waals surface area (Å²) in [4.78, 5) is 12.1. The van der Waals surface area contributed by atoms with Crippen LogP contribution in [0.4, 0.5) is 0 Å². The second-order valence-corrected chi connectivity index (χ2v) is 8.72. The van der Waals surface area contributed by atoms with Crippen molar-refractivity contribution < 1.29 is 27.1 Å². The zero-order valence-corrected chi connectivity index (χ0v) is 15.3. The van der Waals surface area contributed by atoms with E-state index in [0.717, 1.165) is 10.8 Å². The van der Waals surface area contributed by atoms with Crippen LogP contribution < -0.4 is 4.74 Å². The Morgan fingerprint density at radius 1 is 1.07 bits per heavy atom. The lowest BCUT2D eigenvalue weighted by Gasteiger charge is -2.08. The minimum absolute atomic E-state index is 0.0383. The molecule has 0 bridgehead atoms. The van der Waals surface area contributed by atoms with Gasteiger partial charge in [0, 0.05) is 0 Å². The molecular formula is C20H18O6S. The number of esters is 1. The zero-order valence-electron chi connectivity index (χ0n) is 14.5. The first-order valence-electron chi connectivity index (χ1n) is 8.60. The summed E-state index contributed by atoms with van der Waals surface area (Å²) >= 11 is 0. The van der Waals surface area contributed by atoms with Crippen LogP contribution in [0, 0.1) is 0 Å². The molecule has 27 heavy (non-hydrogen) atoms. The Kier molecular flexibility index (Phi) is 4.61. The molecule has 3 aromatic rings. The van der Waals surface area contributed by atoms with E-state index in [-0.39, 0.29) is 23.9 Å². The summed E-state index contributed by atoms with van der Waals surface area (Å²) in [6.45, 7) is 0.170. The molecule has 0 aliphatic carbocycles. The van der Waals surface area contributed by atoms with E-state index in [1.54, 1.807) is 6.07 Å². The Morgan fingerprint density at radius 2 is 1.89 bits per heavy atom. The number of furan rings is 1. The number of carbonyl (C=O) groups is 1. The standard InChI is InChI=1S/C20H18O6S/c21-20(26-18-9-10-27(22,23)13-18)19-8-7-17(25-19)12-24-16-6-5-14-3-1-2-4-15(14)11-16/h1-8,11,18H,9-10,12-13H2/t18-/m0/s1. The lowest BCUT2D eigenvalue weighted by Crippen LogP contribution is -2.19. The number of benzene rings is 2. The Labute approximate surface area is 156 Å². The summed E-state index contributed by atoms with van der Waals surface area (Å²) in [6.07, 6.45) is -0.280. The van der Waals surface area contributed by atoms with Gasteiger partial charge in [0.15, 0.2) is 9.84 Å². The number of hydrogen-bond donors (Lipinski definition) is 0. The first-order chi connectivity index (χ1) is 13.0. The third-order valence-electron chi connectivity index (χ3n) is 4.43. The molecule has 2 aromatic carbocycles. The number of carbonyl (C=O) groups excluding carboxylic acids is 1. The summed E-state index contributed by atoms with van der Waals surface area (Å²) in [7, 11) is -3.10. The Hall–Kier alpha value is -2.80. The van der Waals surface area contributed by atoms with Crippen LogP contribution in [0.15, 0.2) is 59.0 Å². The van der Waals surface area contributed by atoms with E-state index in [0.29, 0.717) is 17.9 Å². The van der Waals surface area contributed by atoms with Gasteiger partial charge in [0.2, 0.25) is 5.76 Å². The average Bonchev–Trinajstić information content (AvgIpc) is 3.26. The average molecular weight is 386 g/mol. The minimum atomic E-state index is -3.10. The fraction of sp³-hybridized carbons (Fsp3) is 0.250. The Balaban J connectivity index is 1.36. The molecule has 0 N–H and O–H groups in total. The van der Waals surface area contributed by atoms with E-state index in [1.807, 2.05) is 42.5 Å². The normalized spacial score (nSPS) is 18.4. The van der Waals surface area contributed by atoms with Crippen LogP contribution >= 0.6 is 0 Å². The van der Waals surface area contributed by atoms with Crippen LogP contribution in [-0.2, 0) is 21.2 Å². The largest absolute Gasteiger partial charge is 0.486 e. The zero-order chi connectivity index (χ0) is 18.9. The lowest BCUT2D eigenvalue weighted by atomic mass is 10.1. The van der Waals surface area contributed by atoms with Gasteiger partial charge in [0.25, 0.3) is 0 Å². The van der Waals surface area contributed by atoms with Crippen molar-refractivity contribution in [2.75, 3.05) is 11.5 Å². The third kappa shape index (κ3) is 4.14. The van der Waals surface area contributed by atoms with E-state index in [9.17, 15) is 13.2 Å². The van der Waals surface area contributed by atoms with E-state index in [1.165, 1.54) is 6.07 Å². The van der Waals surface area contributed by atoms with Crippen LogP contribution in [0.5, 0.6) is 5.75 Å². The van der Waals surface area contributed by atoms with Crippen LogP contribution in [0.1, 0.15) is 22.7 Å². The van der Waals surface area contributed by atoms with Gasteiger partial charge >= 0.3 is 5.97 Å². The maximum Gasteiger partial charge on any atom is 0.374 e. The lowest BCUT2D eigenvalue weighted by molar-refractivity contribution is 0.0316. The van der Waals surface area contributed by atoms with Crippen molar-refractivity contribution in [3.63, 3.8) is 0 Å². The molecule has 1 saturated heterocycles. The topological polar surface area (TPSA) is 82.8 Å². The maximum atomic E-state index is 12.1. The van der Waals surface area contributed by atoms with Gasteiger partial charge in [-0.05, 0) is 41.5 Å². The predicted molar refractivity (Wildman–Crippen MR) is 99.5 cm³/mol. The highest BCUT2D eigenvalue weighted by Crippen LogP contribution is 2.22. The SMILES string of the molecule is O=C(O[C@H]1CCS(=O)(=O)C1)c1ccc(COc2ccc3ccccc3c2)o1. The molecule has 1 aromatic heterocycles. The fourth-order valence-corrected chi connectivity index (χ4v) is 4.63. The first kappa shape index (κ1) is 17.6. The van der Waals surface area contributed by atoms with Gasteiger partial charge in [-0.2, -0.15) is 0 Å². The highest BCUT2D eigenvalue weighted by molar-refractivity contribution is 7.91. The van der Waals surface area contributed by atoms with Gasteiger partial charge in [-0.3, -0.25) is 0 Å². The van der Waals surface area contributed by atoms with Crippen molar-refractivity contribution in [2.24, 2.45) is 0 Å². The smallest absolute Gasteiger partial charge is 0.374 e. The monoisotopic (exact) mass is 386 g/mol. The molecule has 0 unspecified atom stereocenters. The highest BCUT2D eigenvalue weighted by atomic mass is 32.2. The van der Waals surface area contributed by atoms with E-state index in [4.69, 9.17) is 13.9 Å². The van der Waals surface area contributed by atoms with Crippen LogP contribution in [0.3, 0.4) is 0 Å². The fourth-order valence-electron chi connectivity index (χ4n) is 3.04. The van der Waals surface area contributed by atoms with E-state index >= 15 is 0 Å². The van der Waals surface area contributed by atoms with Crippen LogP contribution in [0.25, 0.3) is 10.8 Å². The van der Waals surface area contributed by atoms with E-state index in [2.05, 4.69) is 0 Å². The van der Waals surface area contributed by atoms with Gasteiger partial charge in [-0.25, -0.2) is 13.2 Å². The van der Waals surface area contributed by atoms with Gasteiger partial charge in [-0.15, -0.1) is 0 Å². The molecule has 0 saturated carbocycles. The molecule has 1 fully saturated rings. The second-order valence-electron chi connectivity index (χ2n) is 6.49. The summed E-state index contributed by atoms with van der Waals surface area (Å²) in [5, 5.41) is 2.20. The molecule has 6 nitrogen and oxygen atoms in total. The molecule has 140 valence electrons. The molecule has 0 spiro atoms.